The highest BCUT2D eigenvalue weighted by Crippen LogP contribution is 2.43. The highest BCUT2D eigenvalue weighted by atomic mass is 32.2. The normalized spacial score (nSPS) is 13.5. The predicted octanol–water partition coefficient (Wildman–Crippen LogP) is 4.64. The van der Waals surface area contributed by atoms with E-state index < -0.39 is 11.8 Å². The van der Waals surface area contributed by atoms with Gasteiger partial charge in [0.1, 0.15) is 5.75 Å². The molecule has 0 fully saturated rings. The second-order valence-electron chi connectivity index (χ2n) is 6.42. The maximum atomic E-state index is 13.5. The van der Waals surface area contributed by atoms with E-state index in [0.29, 0.717) is 33.0 Å². The first-order valence-corrected chi connectivity index (χ1v) is 9.95. The Morgan fingerprint density at radius 3 is 2.20 bits per heavy atom. The summed E-state index contributed by atoms with van der Waals surface area (Å²) in [6.07, 6.45) is 0. The van der Waals surface area contributed by atoms with Crippen LogP contribution in [0.25, 0.3) is 5.57 Å². The number of ether oxygens (including phenoxy) is 1. The van der Waals surface area contributed by atoms with Crippen LogP contribution >= 0.6 is 11.8 Å². The van der Waals surface area contributed by atoms with Crippen molar-refractivity contribution in [2.75, 3.05) is 12.0 Å². The van der Waals surface area contributed by atoms with Crippen LogP contribution in [0.15, 0.2) is 88.7 Å². The van der Waals surface area contributed by atoms with E-state index in [9.17, 15) is 9.59 Å². The predicted molar refractivity (Wildman–Crippen MR) is 116 cm³/mol. The third-order valence-electron chi connectivity index (χ3n) is 4.64. The molecule has 0 N–H and O–H groups in total. The van der Waals surface area contributed by atoms with Crippen molar-refractivity contribution in [2.24, 2.45) is 0 Å². The summed E-state index contributed by atoms with van der Waals surface area (Å²) in [4.78, 5) is 29.2. The summed E-state index contributed by atoms with van der Waals surface area (Å²) < 4.78 is 5.45. The third kappa shape index (κ3) is 3.47. The Morgan fingerprint density at radius 1 is 0.867 bits per heavy atom. The van der Waals surface area contributed by atoms with Crippen LogP contribution in [0.1, 0.15) is 11.1 Å². The molecule has 146 valence electrons. The van der Waals surface area contributed by atoms with Crippen molar-refractivity contribution in [2.45, 2.75) is 4.90 Å². The van der Waals surface area contributed by atoms with Gasteiger partial charge in [0, 0.05) is 10.5 Å². The summed E-state index contributed by atoms with van der Waals surface area (Å²) in [6.45, 7) is 0. The molecule has 5 nitrogen and oxygen atoms in total. The molecule has 0 atom stereocenters. The number of rotatable bonds is 5. The van der Waals surface area contributed by atoms with E-state index in [1.807, 2.05) is 42.5 Å². The summed E-state index contributed by atoms with van der Waals surface area (Å²) in [5.74, 6) is -0.311. The van der Waals surface area contributed by atoms with Crippen LogP contribution in [-0.2, 0) is 9.59 Å². The zero-order valence-electron chi connectivity index (χ0n) is 16.0. The number of hydrogen-bond donors (Lipinski definition) is 0. The first kappa shape index (κ1) is 19.5. The highest BCUT2D eigenvalue weighted by molar-refractivity contribution is 8.04. The Bertz CT molecular complexity index is 1200. The highest BCUT2D eigenvalue weighted by Gasteiger charge is 2.41. The number of anilines is 1. The number of carbonyl (C=O) groups is 2. The molecule has 1 aliphatic heterocycles. The van der Waals surface area contributed by atoms with Gasteiger partial charge in [-0.05, 0) is 42.5 Å². The fourth-order valence-corrected chi connectivity index (χ4v) is 4.23. The van der Waals surface area contributed by atoms with Crippen LogP contribution in [-0.4, -0.2) is 18.9 Å². The van der Waals surface area contributed by atoms with Crippen LogP contribution in [0.4, 0.5) is 5.69 Å². The summed E-state index contributed by atoms with van der Waals surface area (Å²) in [7, 11) is 1.53. The van der Waals surface area contributed by atoms with Gasteiger partial charge in [0.05, 0.1) is 34.9 Å². The molecule has 0 aromatic heterocycles. The van der Waals surface area contributed by atoms with Gasteiger partial charge in [-0.25, -0.2) is 4.90 Å². The molecule has 0 bridgehead atoms. The summed E-state index contributed by atoms with van der Waals surface area (Å²) in [5.41, 5.74) is 1.73. The topological polar surface area (TPSA) is 70.4 Å². The summed E-state index contributed by atoms with van der Waals surface area (Å²) in [5, 5.41) is 9.03. The average Bonchev–Trinajstić information content (AvgIpc) is 3.03. The fourth-order valence-electron chi connectivity index (χ4n) is 3.22. The van der Waals surface area contributed by atoms with Gasteiger partial charge in [0.25, 0.3) is 11.8 Å². The van der Waals surface area contributed by atoms with Gasteiger partial charge in [-0.3, -0.25) is 9.59 Å². The second kappa shape index (κ2) is 8.27. The van der Waals surface area contributed by atoms with Gasteiger partial charge >= 0.3 is 0 Å². The lowest BCUT2D eigenvalue weighted by Crippen LogP contribution is -2.31. The number of benzene rings is 3. The monoisotopic (exact) mass is 412 g/mol. The van der Waals surface area contributed by atoms with Gasteiger partial charge in [-0.15, -0.1) is 0 Å². The maximum Gasteiger partial charge on any atom is 0.272 e. The largest absolute Gasteiger partial charge is 0.496 e. The first-order valence-electron chi connectivity index (χ1n) is 9.13. The third-order valence-corrected chi connectivity index (χ3v) is 5.73. The fraction of sp³-hybridized carbons (Fsp3) is 0.0417. The molecule has 0 saturated carbocycles. The lowest BCUT2D eigenvalue weighted by molar-refractivity contribution is -0.119. The molecular weight excluding hydrogens is 396 g/mol. The molecule has 3 aromatic rings. The molecule has 3 aromatic carbocycles. The Labute approximate surface area is 178 Å². The Hall–Kier alpha value is -3.82. The second-order valence-corrected chi connectivity index (χ2v) is 7.51. The Kier molecular flexibility index (Phi) is 5.38. The molecule has 1 aliphatic rings. The van der Waals surface area contributed by atoms with E-state index in [1.165, 1.54) is 18.9 Å². The minimum atomic E-state index is -0.423. The smallest absolute Gasteiger partial charge is 0.272 e. The maximum absolute atomic E-state index is 13.5. The zero-order valence-corrected chi connectivity index (χ0v) is 16.8. The lowest BCUT2D eigenvalue weighted by atomic mass is 10.0. The Balaban J connectivity index is 1.85. The van der Waals surface area contributed by atoms with Crippen LogP contribution in [0.2, 0.25) is 0 Å². The van der Waals surface area contributed by atoms with Crippen molar-refractivity contribution in [1.82, 2.24) is 0 Å². The number of nitrogens with zero attached hydrogens (tertiary/aromatic N) is 2. The minimum Gasteiger partial charge on any atom is -0.496 e. The molecular formula is C24H16N2O3S. The first-order chi connectivity index (χ1) is 14.6. The number of methoxy groups -OCH3 is 1. The van der Waals surface area contributed by atoms with Crippen LogP contribution < -0.4 is 9.64 Å². The molecule has 0 radical (unpaired) electrons. The SMILES string of the molecule is COc1ccccc1C1=C(Sc2ccccc2)C(=O)N(c2ccc(C#N)cc2)C1=O. The van der Waals surface area contributed by atoms with E-state index in [0.717, 1.165) is 9.80 Å². The van der Waals surface area contributed by atoms with Gasteiger partial charge in [-0.1, -0.05) is 48.2 Å². The van der Waals surface area contributed by atoms with Crippen molar-refractivity contribution in [3.8, 4) is 11.8 Å². The number of amides is 2. The van der Waals surface area contributed by atoms with Crippen LogP contribution in [0.3, 0.4) is 0 Å². The van der Waals surface area contributed by atoms with Gasteiger partial charge in [0.15, 0.2) is 0 Å². The van der Waals surface area contributed by atoms with Gasteiger partial charge in [0.2, 0.25) is 0 Å². The number of imide groups is 1. The summed E-state index contributed by atoms with van der Waals surface area (Å²) in [6, 6.07) is 25.0. The average molecular weight is 412 g/mol. The van der Waals surface area contributed by atoms with E-state index in [-0.39, 0.29) is 0 Å². The standard InChI is InChI=1S/C24H16N2O3S/c1-29-20-10-6-5-9-19(20)21-22(30-18-7-3-2-4-8-18)24(28)26(23(21)27)17-13-11-16(15-25)12-14-17/h2-14H,1H3. The lowest BCUT2D eigenvalue weighted by Gasteiger charge is -2.15. The number of thioether (sulfide) groups is 1. The van der Waals surface area contributed by atoms with E-state index >= 15 is 0 Å². The summed E-state index contributed by atoms with van der Waals surface area (Å²) >= 11 is 1.25. The van der Waals surface area contributed by atoms with Crippen molar-refractivity contribution < 1.29 is 14.3 Å². The molecule has 4 rings (SSSR count). The molecule has 0 aliphatic carbocycles. The Morgan fingerprint density at radius 2 is 1.53 bits per heavy atom. The molecule has 1 heterocycles. The molecule has 0 unspecified atom stereocenters. The van der Waals surface area contributed by atoms with Crippen molar-refractivity contribution >= 4 is 34.8 Å². The minimum absolute atomic E-state index is 0.302. The number of nitriles is 1. The van der Waals surface area contributed by atoms with Crippen molar-refractivity contribution in [3.05, 3.63) is 94.9 Å². The van der Waals surface area contributed by atoms with Gasteiger partial charge < -0.3 is 4.74 Å². The number of para-hydroxylation sites is 1. The van der Waals surface area contributed by atoms with E-state index in [2.05, 4.69) is 0 Å². The van der Waals surface area contributed by atoms with Crippen LogP contribution in [0, 0.1) is 11.3 Å². The zero-order chi connectivity index (χ0) is 21.1. The molecule has 30 heavy (non-hydrogen) atoms. The van der Waals surface area contributed by atoms with Crippen molar-refractivity contribution in [3.63, 3.8) is 0 Å². The molecule has 6 heteroatoms. The van der Waals surface area contributed by atoms with E-state index in [1.54, 1.807) is 42.5 Å². The van der Waals surface area contributed by atoms with Crippen molar-refractivity contribution in [1.29, 1.82) is 5.26 Å². The molecule has 2 amide bonds. The molecule has 0 spiro atoms. The van der Waals surface area contributed by atoms with E-state index in [4.69, 9.17) is 10.00 Å². The van der Waals surface area contributed by atoms with Crippen LogP contribution in [0.5, 0.6) is 5.75 Å². The molecule has 0 saturated heterocycles. The number of carbonyl (C=O) groups excluding carboxylic acids is 2. The van der Waals surface area contributed by atoms with Gasteiger partial charge in [-0.2, -0.15) is 5.26 Å². The quantitative estimate of drug-likeness (QED) is 0.571. The number of hydrogen-bond acceptors (Lipinski definition) is 5.